The maximum absolute atomic E-state index is 12.0. The number of para-hydroxylation sites is 2. The van der Waals surface area contributed by atoms with Gasteiger partial charge in [-0.3, -0.25) is 9.59 Å². The summed E-state index contributed by atoms with van der Waals surface area (Å²) in [7, 11) is 0. The molecule has 29 heavy (non-hydrogen) atoms. The van der Waals surface area contributed by atoms with E-state index < -0.39 is 0 Å². The second-order valence-electron chi connectivity index (χ2n) is 7.14. The first-order valence-electron chi connectivity index (χ1n) is 10.7. The molecule has 0 spiro atoms. The molecule has 0 aliphatic rings. The van der Waals surface area contributed by atoms with E-state index in [2.05, 4.69) is 0 Å². The molecular weight excluding hydrogens is 364 g/mol. The fourth-order valence-corrected chi connectivity index (χ4v) is 3.21. The smallest absolute Gasteiger partial charge is 0.311 e. The quantitative estimate of drug-likeness (QED) is 0.249. The van der Waals surface area contributed by atoms with Crippen LogP contribution < -0.4 is 9.47 Å². The number of carbonyl (C=O) groups excluding carboxylic acids is 2. The van der Waals surface area contributed by atoms with Crippen molar-refractivity contribution in [1.29, 1.82) is 0 Å². The van der Waals surface area contributed by atoms with Gasteiger partial charge in [0.15, 0.2) is 0 Å². The van der Waals surface area contributed by atoms with E-state index in [-0.39, 0.29) is 11.9 Å². The van der Waals surface area contributed by atoms with Gasteiger partial charge in [-0.2, -0.15) is 0 Å². The highest BCUT2D eigenvalue weighted by Gasteiger charge is 2.09. The standard InChI is InChI=1S/C25H32O4/c1-3-20-14-10-12-16-22(20)28-24(26)18-8-6-5-7-9-19-25(27)29-23-17-13-11-15-21(23)4-2/h10-17H,3-9,18-19H2,1-2H3. The first kappa shape index (κ1) is 22.7. The molecule has 0 fully saturated rings. The topological polar surface area (TPSA) is 52.6 Å². The van der Waals surface area contributed by atoms with Crippen LogP contribution in [0.4, 0.5) is 0 Å². The zero-order valence-electron chi connectivity index (χ0n) is 17.6. The Morgan fingerprint density at radius 1 is 0.621 bits per heavy atom. The molecule has 4 heteroatoms. The van der Waals surface area contributed by atoms with Gasteiger partial charge < -0.3 is 9.47 Å². The zero-order chi connectivity index (χ0) is 20.9. The summed E-state index contributed by atoms with van der Waals surface area (Å²) in [5.41, 5.74) is 2.10. The summed E-state index contributed by atoms with van der Waals surface area (Å²) < 4.78 is 10.9. The first-order valence-corrected chi connectivity index (χ1v) is 10.7. The van der Waals surface area contributed by atoms with Crippen LogP contribution in [0, 0.1) is 0 Å². The minimum Gasteiger partial charge on any atom is -0.426 e. The summed E-state index contributed by atoms with van der Waals surface area (Å²) >= 11 is 0. The van der Waals surface area contributed by atoms with Gasteiger partial charge in [0.2, 0.25) is 0 Å². The average Bonchev–Trinajstić information content (AvgIpc) is 2.73. The largest absolute Gasteiger partial charge is 0.426 e. The molecule has 0 atom stereocenters. The van der Waals surface area contributed by atoms with E-state index in [1.165, 1.54) is 0 Å². The van der Waals surface area contributed by atoms with Crippen LogP contribution in [0.3, 0.4) is 0 Å². The molecule has 0 radical (unpaired) electrons. The number of benzene rings is 2. The van der Waals surface area contributed by atoms with Crippen molar-refractivity contribution in [1.82, 2.24) is 0 Å². The number of carbonyl (C=O) groups is 2. The van der Waals surface area contributed by atoms with Crippen LogP contribution in [-0.4, -0.2) is 11.9 Å². The molecule has 0 aromatic heterocycles. The van der Waals surface area contributed by atoms with E-state index in [1.54, 1.807) is 0 Å². The summed E-state index contributed by atoms with van der Waals surface area (Å²) in [6.45, 7) is 4.09. The van der Waals surface area contributed by atoms with Crippen molar-refractivity contribution in [2.24, 2.45) is 0 Å². The molecule has 156 valence electrons. The highest BCUT2D eigenvalue weighted by atomic mass is 16.5. The van der Waals surface area contributed by atoms with Crippen LogP contribution in [0.25, 0.3) is 0 Å². The molecule has 0 aliphatic carbocycles. The van der Waals surface area contributed by atoms with Gasteiger partial charge >= 0.3 is 11.9 Å². The minimum atomic E-state index is -0.177. The van der Waals surface area contributed by atoms with E-state index in [9.17, 15) is 9.59 Å². The Hall–Kier alpha value is -2.62. The van der Waals surface area contributed by atoms with Crippen molar-refractivity contribution < 1.29 is 19.1 Å². The van der Waals surface area contributed by atoms with Crippen LogP contribution >= 0.6 is 0 Å². The predicted molar refractivity (Wildman–Crippen MR) is 115 cm³/mol. The van der Waals surface area contributed by atoms with Crippen molar-refractivity contribution in [3.05, 3.63) is 59.7 Å². The Labute approximate surface area is 174 Å². The predicted octanol–water partition coefficient (Wildman–Crippen LogP) is 6.05. The fraction of sp³-hybridized carbons (Fsp3) is 0.440. The molecular formula is C25H32O4. The minimum absolute atomic E-state index is 0.177. The van der Waals surface area contributed by atoms with Crippen LogP contribution in [-0.2, 0) is 22.4 Å². The zero-order valence-corrected chi connectivity index (χ0v) is 17.6. The van der Waals surface area contributed by atoms with Crippen molar-refractivity contribution in [3.63, 3.8) is 0 Å². The summed E-state index contributed by atoms with van der Waals surface area (Å²) in [5.74, 6) is 0.986. The summed E-state index contributed by atoms with van der Waals surface area (Å²) in [6.07, 6.45) is 7.06. The Morgan fingerprint density at radius 2 is 1.00 bits per heavy atom. The van der Waals surface area contributed by atoms with Gasteiger partial charge in [0.1, 0.15) is 11.5 Å². The van der Waals surface area contributed by atoms with Crippen LogP contribution in [0.15, 0.2) is 48.5 Å². The van der Waals surface area contributed by atoms with Crippen LogP contribution in [0.5, 0.6) is 11.5 Å². The monoisotopic (exact) mass is 396 g/mol. The van der Waals surface area contributed by atoms with Gasteiger partial charge in [-0.1, -0.05) is 69.5 Å². The summed E-state index contributed by atoms with van der Waals surface area (Å²) in [5, 5.41) is 0. The van der Waals surface area contributed by atoms with Crippen molar-refractivity contribution in [2.75, 3.05) is 0 Å². The second-order valence-corrected chi connectivity index (χ2v) is 7.14. The molecule has 0 saturated heterocycles. The average molecular weight is 397 g/mol. The molecule has 0 saturated carbocycles. The van der Waals surface area contributed by atoms with Gasteiger partial charge in [0.25, 0.3) is 0 Å². The number of hydrogen-bond donors (Lipinski definition) is 0. The van der Waals surface area contributed by atoms with Crippen LogP contribution in [0.1, 0.15) is 69.9 Å². The number of unbranched alkanes of at least 4 members (excludes halogenated alkanes) is 4. The Kier molecular flexibility index (Phi) is 9.98. The summed E-state index contributed by atoms with van der Waals surface area (Å²) in [4.78, 5) is 24.0. The lowest BCUT2D eigenvalue weighted by Gasteiger charge is -2.09. The van der Waals surface area contributed by atoms with Gasteiger partial charge in [-0.25, -0.2) is 0 Å². The molecule has 4 nitrogen and oxygen atoms in total. The molecule has 2 aromatic rings. The molecule has 0 aliphatic heterocycles. The van der Waals surface area contributed by atoms with E-state index in [1.807, 2.05) is 62.4 Å². The lowest BCUT2D eigenvalue weighted by Crippen LogP contribution is -2.09. The van der Waals surface area contributed by atoms with Crippen molar-refractivity contribution in [3.8, 4) is 11.5 Å². The SMILES string of the molecule is CCc1ccccc1OC(=O)CCCCCCCC(=O)Oc1ccccc1CC. The van der Waals surface area contributed by atoms with Gasteiger partial charge in [0, 0.05) is 12.8 Å². The number of esters is 2. The van der Waals surface area contributed by atoms with Crippen molar-refractivity contribution in [2.45, 2.75) is 71.6 Å². The van der Waals surface area contributed by atoms with E-state index in [4.69, 9.17) is 9.47 Å². The maximum atomic E-state index is 12.0. The van der Waals surface area contributed by atoms with E-state index in [0.717, 1.165) is 56.1 Å². The second kappa shape index (κ2) is 12.8. The van der Waals surface area contributed by atoms with E-state index in [0.29, 0.717) is 24.3 Å². The van der Waals surface area contributed by atoms with Gasteiger partial charge in [-0.15, -0.1) is 0 Å². The number of rotatable bonds is 12. The number of ether oxygens (including phenoxy) is 2. The third kappa shape index (κ3) is 8.10. The molecule has 0 N–H and O–H groups in total. The fourth-order valence-electron chi connectivity index (χ4n) is 3.21. The van der Waals surface area contributed by atoms with Crippen LogP contribution in [0.2, 0.25) is 0 Å². The third-order valence-corrected chi connectivity index (χ3v) is 4.92. The lowest BCUT2D eigenvalue weighted by molar-refractivity contribution is -0.135. The van der Waals surface area contributed by atoms with E-state index >= 15 is 0 Å². The van der Waals surface area contributed by atoms with Gasteiger partial charge in [0.05, 0.1) is 0 Å². The Balaban J connectivity index is 1.55. The normalized spacial score (nSPS) is 10.6. The first-order chi connectivity index (χ1) is 14.1. The maximum Gasteiger partial charge on any atom is 0.311 e. The molecule has 0 heterocycles. The summed E-state index contributed by atoms with van der Waals surface area (Å²) in [6, 6.07) is 15.3. The van der Waals surface area contributed by atoms with Crippen molar-refractivity contribution >= 4 is 11.9 Å². The highest BCUT2D eigenvalue weighted by molar-refractivity contribution is 5.73. The molecule has 0 unspecified atom stereocenters. The molecule has 0 amide bonds. The van der Waals surface area contributed by atoms with Gasteiger partial charge in [-0.05, 0) is 48.9 Å². The Morgan fingerprint density at radius 3 is 1.41 bits per heavy atom. The number of aryl methyl sites for hydroxylation is 2. The molecule has 2 aromatic carbocycles. The lowest BCUT2D eigenvalue weighted by atomic mass is 10.1. The molecule has 0 bridgehead atoms. The molecule has 2 rings (SSSR count). The highest BCUT2D eigenvalue weighted by Crippen LogP contribution is 2.20. The Bertz CT molecular complexity index is 716. The third-order valence-electron chi connectivity index (χ3n) is 4.92. The number of hydrogen-bond acceptors (Lipinski definition) is 4.